The monoisotopic (exact) mass is 375 g/mol. The van der Waals surface area contributed by atoms with E-state index in [9.17, 15) is 13.6 Å². The maximum absolute atomic E-state index is 12.5. The summed E-state index contributed by atoms with van der Waals surface area (Å²) in [5.41, 5.74) is 0.292. The SMILES string of the molecule is O=Cc1cc(CBr)nc(I)c1C(F)F. The van der Waals surface area contributed by atoms with Crippen molar-refractivity contribution in [3.8, 4) is 0 Å². The molecule has 0 spiro atoms. The van der Waals surface area contributed by atoms with E-state index in [1.807, 2.05) is 0 Å². The van der Waals surface area contributed by atoms with Crippen LogP contribution in [-0.4, -0.2) is 11.3 Å². The van der Waals surface area contributed by atoms with E-state index in [2.05, 4.69) is 20.9 Å². The minimum Gasteiger partial charge on any atom is -0.298 e. The van der Waals surface area contributed by atoms with Gasteiger partial charge in [-0.2, -0.15) is 0 Å². The van der Waals surface area contributed by atoms with Crippen molar-refractivity contribution < 1.29 is 13.6 Å². The van der Waals surface area contributed by atoms with E-state index in [4.69, 9.17) is 0 Å². The van der Waals surface area contributed by atoms with Gasteiger partial charge in [-0.1, -0.05) is 15.9 Å². The van der Waals surface area contributed by atoms with Crippen LogP contribution in [0.2, 0.25) is 0 Å². The first-order valence-corrected chi connectivity index (χ1v) is 5.78. The molecular weight excluding hydrogens is 371 g/mol. The summed E-state index contributed by atoms with van der Waals surface area (Å²) in [5.74, 6) is 0. The number of aromatic nitrogens is 1. The molecule has 0 saturated heterocycles. The van der Waals surface area contributed by atoms with E-state index in [-0.39, 0.29) is 14.8 Å². The van der Waals surface area contributed by atoms with E-state index >= 15 is 0 Å². The lowest BCUT2D eigenvalue weighted by Crippen LogP contribution is -2.02. The smallest absolute Gasteiger partial charge is 0.267 e. The Kier molecular flexibility index (Phi) is 4.36. The van der Waals surface area contributed by atoms with E-state index < -0.39 is 6.43 Å². The van der Waals surface area contributed by atoms with Gasteiger partial charge in [0.1, 0.15) is 3.70 Å². The van der Waals surface area contributed by atoms with E-state index in [0.717, 1.165) is 0 Å². The second kappa shape index (κ2) is 5.11. The molecule has 0 bridgehead atoms. The second-order valence-electron chi connectivity index (χ2n) is 2.46. The summed E-state index contributed by atoms with van der Waals surface area (Å²) in [7, 11) is 0. The Morgan fingerprint density at radius 3 is 2.71 bits per heavy atom. The predicted octanol–water partition coefficient (Wildman–Crippen LogP) is 3.33. The van der Waals surface area contributed by atoms with Gasteiger partial charge >= 0.3 is 0 Å². The molecule has 0 aromatic carbocycles. The number of aldehydes is 1. The standard InChI is InChI=1S/C8H5BrF2INO/c9-2-5-1-4(3-14)6(7(10)11)8(12)13-5/h1,3,7H,2H2. The van der Waals surface area contributed by atoms with Crippen molar-refractivity contribution in [2.45, 2.75) is 11.8 Å². The highest BCUT2D eigenvalue weighted by molar-refractivity contribution is 14.1. The molecule has 0 N–H and O–H groups in total. The van der Waals surface area contributed by atoms with Crippen molar-refractivity contribution in [1.29, 1.82) is 0 Å². The van der Waals surface area contributed by atoms with E-state index in [1.54, 1.807) is 22.6 Å². The van der Waals surface area contributed by atoms with E-state index in [1.165, 1.54) is 6.07 Å². The van der Waals surface area contributed by atoms with Crippen LogP contribution in [0.3, 0.4) is 0 Å². The Labute approximate surface area is 101 Å². The molecule has 1 heterocycles. The third kappa shape index (κ3) is 2.47. The fourth-order valence-corrected chi connectivity index (χ4v) is 2.12. The Morgan fingerprint density at radius 1 is 1.64 bits per heavy atom. The van der Waals surface area contributed by atoms with E-state index in [0.29, 0.717) is 17.3 Å². The van der Waals surface area contributed by atoms with Crippen molar-refractivity contribution >= 4 is 44.8 Å². The van der Waals surface area contributed by atoms with Gasteiger partial charge < -0.3 is 0 Å². The van der Waals surface area contributed by atoms with Gasteiger partial charge in [-0.25, -0.2) is 13.8 Å². The van der Waals surface area contributed by atoms with Crippen LogP contribution in [0.5, 0.6) is 0 Å². The summed E-state index contributed by atoms with van der Waals surface area (Å²) in [6.45, 7) is 0. The molecule has 1 aromatic rings. The molecule has 0 atom stereocenters. The number of halogens is 4. The first kappa shape index (κ1) is 12.0. The van der Waals surface area contributed by atoms with Crippen LogP contribution in [0.1, 0.15) is 28.0 Å². The average molecular weight is 376 g/mol. The first-order chi connectivity index (χ1) is 6.60. The fourth-order valence-electron chi connectivity index (χ4n) is 0.977. The predicted molar refractivity (Wildman–Crippen MR) is 59.9 cm³/mol. The van der Waals surface area contributed by atoms with Crippen LogP contribution < -0.4 is 0 Å². The molecule has 1 aromatic heterocycles. The van der Waals surface area contributed by atoms with Crippen LogP contribution in [0.25, 0.3) is 0 Å². The number of nitrogens with zero attached hydrogens (tertiary/aromatic N) is 1. The molecular formula is C8H5BrF2INO. The van der Waals surface area contributed by atoms with Crippen LogP contribution in [0.4, 0.5) is 8.78 Å². The minimum atomic E-state index is -2.67. The molecule has 2 nitrogen and oxygen atoms in total. The highest BCUT2D eigenvalue weighted by Crippen LogP contribution is 2.27. The average Bonchev–Trinajstić information content (AvgIpc) is 2.15. The van der Waals surface area contributed by atoms with Gasteiger partial charge in [-0.05, 0) is 28.7 Å². The summed E-state index contributed by atoms with van der Waals surface area (Å²) in [4.78, 5) is 14.5. The molecule has 0 aliphatic carbocycles. The lowest BCUT2D eigenvalue weighted by atomic mass is 10.1. The number of alkyl halides is 3. The van der Waals surface area contributed by atoms with Gasteiger partial charge in [-0.15, -0.1) is 0 Å². The maximum atomic E-state index is 12.5. The second-order valence-corrected chi connectivity index (χ2v) is 4.04. The zero-order valence-electron chi connectivity index (χ0n) is 6.81. The summed E-state index contributed by atoms with van der Waals surface area (Å²) in [6, 6.07) is 1.37. The third-order valence-electron chi connectivity index (χ3n) is 1.58. The Morgan fingerprint density at radius 2 is 2.29 bits per heavy atom. The fraction of sp³-hybridized carbons (Fsp3) is 0.250. The third-order valence-corrected chi connectivity index (χ3v) is 2.98. The van der Waals surface area contributed by atoms with Gasteiger partial charge in [0, 0.05) is 10.9 Å². The lowest BCUT2D eigenvalue weighted by Gasteiger charge is -2.07. The van der Waals surface area contributed by atoms with Crippen LogP contribution in [0, 0.1) is 3.70 Å². The molecule has 0 aliphatic heterocycles. The minimum absolute atomic E-state index is 0.00819. The van der Waals surface area contributed by atoms with Crippen LogP contribution in [0.15, 0.2) is 6.07 Å². The van der Waals surface area contributed by atoms with Crippen molar-refractivity contribution in [1.82, 2.24) is 4.98 Å². The summed E-state index contributed by atoms with van der Waals surface area (Å²) in [5, 5.41) is 0.438. The molecule has 76 valence electrons. The Hall–Kier alpha value is -0.110. The highest BCUT2D eigenvalue weighted by Gasteiger charge is 2.18. The highest BCUT2D eigenvalue weighted by atomic mass is 127. The maximum Gasteiger partial charge on any atom is 0.267 e. The zero-order valence-corrected chi connectivity index (χ0v) is 10.5. The van der Waals surface area contributed by atoms with Gasteiger partial charge in [0.15, 0.2) is 6.29 Å². The molecule has 0 radical (unpaired) electrons. The van der Waals surface area contributed by atoms with Crippen LogP contribution in [-0.2, 0) is 5.33 Å². The lowest BCUT2D eigenvalue weighted by molar-refractivity contribution is 0.110. The topological polar surface area (TPSA) is 30.0 Å². The summed E-state index contributed by atoms with van der Waals surface area (Å²) >= 11 is 4.85. The van der Waals surface area contributed by atoms with Gasteiger partial charge in [-0.3, -0.25) is 4.79 Å². The zero-order chi connectivity index (χ0) is 10.7. The van der Waals surface area contributed by atoms with Crippen LogP contribution >= 0.6 is 38.5 Å². The largest absolute Gasteiger partial charge is 0.298 e. The summed E-state index contributed by atoms with van der Waals surface area (Å²) in [6.07, 6.45) is -2.24. The molecule has 0 amide bonds. The number of carbonyl (C=O) groups excluding carboxylic acids is 1. The number of hydrogen-bond donors (Lipinski definition) is 0. The Balaban J connectivity index is 3.34. The quantitative estimate of drug-likeness (QED) is 0.351. The van der Waals surface area contributed by atoms with Crippen molar-refractivity contribution in [3.63, 3.8) is 0 Å². The Bertz CT molecular complexity index is 359. The molecule has 14 heavy (non-hydrogen) atoms. The van der Waals surface area contributed by atoms with Gasteiger partial charge in [0.05, 0.1) is 11.3 Å². The molecule has 0 aliphatic rings. The molecule has 6 heteroatoms. The number of rotatable bonds is 3. The normalized spacial score (nSPS) is 10.6. The van der Waals surface area contributed by atoms with Gasteiger partial charge in [0.2, 0.25) is 0 Å². The van der Waals surface area contributed by atoms with Crippen molar-refractivity contribution in [3.05, 3.63) is 26.6 Å². The number of pyridine rings is 1. The molecule has 1 rings (SSSR count). The number of carbonyl (C=O) groups is 1. The molecule has 0 fully saturated rings. The molecule has 0 unspecified atom stereocenters. The van der Waals surface area contributed by atoms with Gasteiger partial charge in [0.25, 0.3) is 6.43 Å². The first-order valence-electron chi connectivity index (χ1n) is 3.58. The van der Waals surface area contributed by atoms with Crippen molar-refractivity contribution in [2.24, 2.45) is 0 Å². The van der Waals surface area contributed by atoms with Crippen molar-refractivity contribution in [2.75, 3.05) is 0 Å². The summed E-state index contributed by atoms with van der Waals surface area (Å²) < 4.78 is 25.2. The number of hydrogen-bond acceptors (Lipinski definition) is 2. The molecule has 0 saturated carbocycles.